The predicted molar refractivity (Wildman–Crippen MR) is 124 cm³/mol. The number of halogens is 4. The summed E-state index contributed by atoms with van der Waals surface area (Å²) >= 11 is 0. The number of β-lactam (4-membered cyclic amide) rings is 2. The number of aryl methyl sites for hydroxylation is 1. The number of imide groups is 2. The number of nitrogens with zero attached hydrogens (tertiary/aromatic N) is 3. The summed E-state index contributed by atoms with van der Waals surface area (Å²) in [6.45, 7) is -0.766. The average Bonchev–Trinajstić information content (AvgIpc) is 3.34. The lowest BCUT2D eigenvalue weighted by Gasteiger charge is -2.31. The van der Waals surface area contributed by atoms with E-state index in [1.807, 2.05) is 0 Å². The standard InChI is InChI=1S/C26H21F4N3O6/c1-14(26(28,29)30)31(12-15-2-4-17(27)5-3-15)22(36)13-32-23(37)25(39-24(32)38)9-8-16-10-18(6-7-19(16)25)33-20(34)11-21(33)35/h2-7,10,14H,8-9,11-13H2,1H3/t14-,25+/m0/s1. The topological polar surface area (TPSA) is 104 Å². The van der Waals surface area contributed by atoms with Crippen LogP contribution < -0.4 is 4.90 Å². The van der Waals surface area contributed by atoms with Crippen LogP contribution >= 0.6 is 0 Å². The summed E-state index contributed by atoms with van der Waals surface area (Å²) in [4.78, 5) is 64.8. The van der Waals surface area contributed by atoms with E-state index >= 15 is 0 Å². The fraction of sp³-hybridized carbons (Fsp3) is 0.346. The number of benzene rings is 2. The van der Waals surface area contributed by atoms with Crippen LogP contribution in [0.25, 0.3) is 0 Å². The summed E-state index contributed by atoms with van der Waals surface area (Å²) in [5.74, 6) is -3.42. The van der Waals surface area contributed by atoms with Crippen molar-refractivity contribution >= 4 is 35.4 Å². The first-order chi connectivity index (χ1) is 18.3. The van der Waals surface area contributed by atoms with Gasteiger partial charge in [0.15, 0.2) is 0 Å². The minimum Gasteiger partial charge on any atom is -0.427 e. The van der Waals surface area contributed by atoms with Gasteiger partial charge in [0.25, 0.3) is 5.91 Å². The zero-order valence-electron chi connectivity index (χ0n) is 20.5. The Hall–Kier alpha value is -4.29. The van der Waals surface area contributed by atoms with E-state index in [9.17, 15) is 41.5 Å². The summed E-state index contributed by atoms with van der Waals surface area (Å²) < 4.78 is 59.5. The van der Waals surface area contributed by atoms with Crippen molar-refractivity contribution in [1.29, 1.82) is 0 Å². The average molecular weight is 547 g/mol. The van der Waals surface area contributed by atoms with Crippen LogP contribution in [-0.4, -0.2) is 58.3 Å². The predicted octanol–water partition coefficient (Wildman–Crippen LogP) is 3.19. The van der Waals surface area contributed by atoms with Gasteiger partial charge >= 0.3 is 12.3 Å². The molecule has 2 aliphatic heterocycles. The first kappa shape index (κ1) is 26.3. The van der Waals surface area contributed by atoms with E-state index in [1.165, 1.54) is 24.3 Å². The second-order valence-electron chi connectivity index (χ2n) is 9.59. The highest BCUT2D eigenvalue weighted by Gasteiger charge is 2.59. The highest BCUT2D eigenvalue weighted by atomic mass is 19.4. The van der Waals surface area contributed by atoms with Gasteiger partial charge in [-0.2, -0.15) is 13.2 Å². The van der Waals surface area contributed by atoms with Crippen molar-refractivity contribution in [2.24, 2.45) is 0 Å². The molecule has 3 aliphatic rings. The molecule has 2 atom stereocenters. The molecule has 1 spiro atoms. The molecule has 0 unspecified atom stereocenters. The number of ether oxygens (including phenoxy) is 1. The molecule has 0 aromatic heterocycles. The largest absolute Gasteiger partial charge is 0.427 e. The number of hydrogen-bond donors (Lipinski definition) is 0. The fourth-order valence-corrected chi connectivity index (χ4v) is 5.03. The van der Waals surface area contributed by atoms with Crippen molar-refractivity contribution in [2.45, 2.75) is 50.6 Å². The summed E-state index contributed by atoms with van der Waals surface area (Å²) in [5.41, 5.74) is -0.378. The molecule has 39 heavy (non-hydrogen) atoms. The van der Waals surface area contributed by atoms with E-state index in [4.69, 9.17) is 4.74 Å². The highest BCUT2D eigenvalue weighted by molar-refractivity contribution is 6.31. The fourth-order valence-electron chi connectivity index (χ4n) is 5.03. The zero-order valence-corrected chi connectivity index (χ0v) is 20.5. The Morgan fingerprint density at radius 3 is 2.36 bits per heavy atom. The van der Waals surface area contributed by atoms with Crippen molar-refractivity contribution in [1.82, 2.24) is 9.80 Å². The number of carbonyl (C=O) groups is 5. The molecule has 204 valence electrons. The smallest absolute Gasteiger partial charge is 0.418 e. The molecular weight excluding hydrogens is 526 g/mol. The maximum Gasteiger partial charge on any atom is 0.418 e. The minimum atomic E-state index is -4.81. The zero-order chi connectivity index (χ0) is 28.3. The Morgan fingerprint density at radius 2 is 1.74 bits per heavy atom. The SMILES string of the molecule is C[C@H](N(Cc1ccc(F)cc1)C(=O)CN1C(=O)O[C@@]2(CCc3cc(N4C(=O)CC4=O)ccc32)C1=O)C(F)(F)F. The second kappa shape index (κ2) is 9.17. The van der Waals surface area contributed by atoms with Crippen LogP contribution in [0, 0.1) is 5.82 Å². The molecule has 9 nitrogen and oxygen atoms in total. The maximum absolute atomic E-state index is 13.6. The summed E-state index contributed by atoms with van der Waals surface area (Å²) in [5, 5.41) is 0. The van der Waals surface area contributed by atoms with Gasteiger partial charge in [0.2, 0.25) is 23.3 Å². The van der Waals surface area contributed by atoms with Gasteiger partial charge in [-0.1, -0.05) is 18.2 Å². The Morgan fingerprint density at radius 1 is 1.08 bits per heavy atom. The first-order valence-corrected chi connectivity index (χ1v) is 12.0. The first-order valence-electron chi connectivity index (χ1n) is 12.0. The van der Waals surface area contributed by atoms with Gasteiger partial charge in [-0.25, -0.2) is 19.0 Å². The number of anilines is 1. The monoisotopic (exact) mass is 547 g/mol. The van der Waals surface area contributed by atoms with Gasteiger partial charge in [-0.15, -0.1) is 0 Å². The Balaban J connectivity index is 1.38. The third-order valence-electron chi connectivity index (χ3n) is 7.22. The lowest BCUT2D eigenvalue weighted by molar-refractivity contribution is -0.187. The van der Waals surface area contributed by atoms with Gasteiger partial charge in [-0.3, -0.25) is 19.2 Å². The molecule has 0 bridgehead atoms. The highest BCUT2D eigenvalue weighted by Crippen LogP contribution is 2.46. The Kier molecular flexibility index (Phi) is 6.19. The van der Waals surface area contributed by atoms with E-state index in [0.717, 1.165) is 24.0 Å². The Labute approximate surface area is 218 Å². The summed E-state index contributed by atoms with van der Waals surface area (Å²) in [7, 11) is 0. The van der Waals surface area contributed by atoms with Crippen molar-refractivity contribution in [3.63, 3.8) is 0 Å². The molecule has 5 amide bonds. The van der Waals surface area contributed by atoms with Crippen molar-refractivity contribution in [3.8, 4) is 0 Å². The van der Waals surface area contributed by atoms with Crippen LogP contribution in [0.5, 0.6) is 0 Å². The van der Waals surface area contributed by atoms with E-state index in [-0.39, 0.29) is 36.6 Å². The van der Waals surface area contributed by atoms with Gasteiger partial charge in [0.1, 0.15) is 24.8 Å². The lowest BCUT2D eigenvalue weighted by atomic mass is 9.94. The molecule has 13 heteroatoms. The molecule has 2 aromatic rings. The second-order valence-corrected chi connectivity index (χ2v) is 9.59. The third-order valence-corrected chi connectivity index (χ3v) is 7.22. The van der Waals surface area contributed by atoms with Crippen molar-refractivity contribution in [2.75, 3.05) is 11.4 Å². The molecule has 2 heterocycles. The molecule has 2 fully saturated rings. The molecule has 5 rings (SSSR count). The minimum absolute atomic E-state index is 0.0151. The normalized spacial score (nSPS) is 21.3. The molecule has 2 aromatic carbocycles. The van der Waals surface area contributed by atoms with Crippen LogP contribution in [0.15, 0.2) is 42.5 Å². The number of hydrogen-bond acceptors (Lipinski definition) is 6. The molecule has 1 aliphatic carbocycles. The van der Waals surface area contributed by atoms with Crippen LogP contribution in [0.1, 0.15) is 36.5 Å². The van der Waals surface area contributed by atoms with Gasteiger partial charge in [-0.05, 0) is 48.7 Å². The molecule has 0 N–H and O–H groups in total. The summed E-state index contributed by atoms with van der Waals surface area (Å²) in [6.07, 6.45) is -5.93. The molecule has 2 saturated heterocycles. The molecular formula is C26H21F4N3O6. The van der Waals surface area contributed by atoms with E-state index < -0.39 is 54.6 Å². The quantitative estimate of drug-likeness (QED) is 0.313. The van der Waals surface area contributed by atoms with E-state index in [2.05, 4.69) is 0 Å². The van der Waals surface area contributed by atoms with Gasteiger partial charge in [0, 0.05) is 18.5 Å². The van der Waals surface area contributed by atoms with Crippen LogP contribution in [0.4, 0.5) is 28.0 Å². The Bertz CT molecular complexity index is 1400. The van der Waals surface area contributed by atoms with Crippen LogP contribution in [0.2, 0.25) is 0 Å². The van der Waals surface area contributed by atoms with Gasteiger partial charge in [0.05, 0.1) is 5.69 Å². The molecule has 0 radical (unpaired) electrons. The van der Waals surface area contributed by atoms with Crippen LogP contribution in [0.3, 0.4) is 0 Å². The van der Waals surface area contributed by atoms with Crippen molar-refractivity contribution < 1.29 is 46.3 Å². The summed E-state index contributed by atoms with van der Waals surface area (Å²) in [6, 6.07) is 6.71. The van der Waals surface area contributed by atoms with E-state index in [0.29, 0.717) is 26.6 Å². The van der Waals surface area contributed by atoms with Crippen LogP contribution in [-0.2, 0) is 42.5 Å². The number of carbonyl (C=O) groups excluding carboxylic acids is 5. The third kappa shape index (κ3) is 4.41. The number of alkyl halides is 3. The molecule has 0 saturated carbocycles. The number of amides is 5. The van der Waals surface area contributed by atoms with Crippen molar-refractivity contribution in [3.05, 3.63) is 65.0 Å². The van der Waals surface area contributed by atoms with Gasteiger partial charge < -0.3 is 9.64 Å². The number of rotatable bonds is 6. The number of fused-ring (bicyclic) bond motifs is 2. The van der Waals surface area contributed by atoms with E-state index in [1.54, 1.807) is 6.07 Å². The maximum atomic E-state index is 13.6. The lowest BCUT2D eigenvalue weighted by Crippen LogP contribution is -2.51.